The van der Waals surface area contributed by atoms with Crippen molar-refractivity contribution >= 4 is 0 Å². The molecule has 0 saturated heterocycles. The van der Waals surface area contributed by atoms with E-state index in [4.69, 9.17) is 0 Å². The summed E-state index contributed by atoms with van der Waals surface area (Å²) < 4.78 is 1.84. The summed E-state index contributed by atoms with van der Waals surface area (Å²) in [5.41, 5.74) is 0. The second-order valence-corrected chi connectivity index (χ2v) is 14.4. The molecule has 0 aromatic rings. The molecule has 0 saturated carbocycles. The van der Waals surface area contributed by atoms with Gasteiger partial charge in [-0.25, -0.2) is 0 Å². The van der Waals surface area contributed by atoms with Gasteiger partial charge in [0, 0.05) is 0 Å². The summed E-state index contributed by atoms with van der Waals surface area (Å²) >= 11 is -1.13. The van der Waals surface area contributed by atoms with Gasteiger partial charge in [0.2, 0.25) is 0 Å². The van der Waals surface area contributed by atoms with Crippen LogP contribution < -0.4 is 0 Å². The van der Waals surface area contributed by atoms with Crippen molar-refractivity contribution in [1.29, 1.82) is 0 Å². The van der Waals surface area contributed by atoms with Crippen LogP contribution in [-0.4, -0.2) is 0 Å². The molecular formula is C9H17W. The van der Waals surface area contributed by atoms with Crippen molar-refractivity contribution in [1.82, 2.24) is 0 Å². The van der Waals surface area contributed by atoms with Gasteiger partial charge in [0.05, 0.1) is 0 Å². The van der Waals surface area contributed by atoms with Gasteiger partial charge in [-0.2, -0.15) is 0 Å². The molecule has 1 rings (SSSR count). The van der Waals surface area contributed by atoms with E-state index in [0.717, 1.165) is 0 Å². The van der Waals surface area contributed by atoms with E-state index in [-0.39, 0.29) is 0 Å². The van der Waals surface area contributed by atoms with E-state index < -0.39 is 17.3 Å². The van der Waals surface area contributed by atoms with Crippen molar-refractivity contribution in [3.05, 3.63) is 22.2 Å². The van der Waals surface area contributed by atoms with E-state index >= 15 is 0 Å². The molecule has 1 aliphatic carbocycles. The molecular weight excluding hydrogens is 292 g/mol. The Kier molecular flexibility index (Phi) is 3.42. The molecule has 1 aliphatic rings. The fourth-order valence-corrected chi connectivity index (χ4v) is 9.13. The third-order valence-electron chi connectivity index (χ3n) is 2.08. The normalized spacial score (nSPS) is 17.4. The Morgan fingerprint density at radius 1 is 1.40 bits per heavy atom. The van der Waals surface area contributed by atoms with Gasteiger partial charge in [0.1, 0.15) is 0 Å². The van der Waals surface area contributed by atoms with E-state index in [2.05, 4.69) is 32.1 Å². The quantitative estimate of drug-likeness (QED) is 0.752. The van der Waals surface area contributed by atoms with Gasteiger partial charge in [-0.3, -0.25) is 0 Å². The molecule has 0 unspecified atom stereocenters. The number of allylic oxidation sites excluding steroid dienone is 4. The maximum absolute atomic E-state index is 2.37. The van der Waals surface area contributed by atoms with Gasteiger partial charge in [0.15, 0.2) is 0 Å². The number of hydrogen-bond donors (Lipinski definition) is 0. The van der Waals surface area contributed by atoms with Gasteiger partial charge in [-0.05, 0) is 0 Å². The van der Waals surface area contributed by atoms with Crippen molar-refractivity contribution in [3.8, 4) is 0 Å². The molecule has 0 spiro atoms. The van der Waals surface area contributed by atoms with Crippen LogP contribution in [0, 0.1) is 0 Å². The monoisotopic (exact) mass is 309 g/mol. The van der Waals surface area contributed by atoms with Crippen molar-refractivity contribution in [2.45, 2.75) is 29.9 Å². The average molecular weight is 309 g/mol. The molecule has 0 radical (unpaired) electrons. The SMILES string of the molecule is C[CH2][WH2]([CH2]C)[C]1=CC=CC1. The standard InChI is InChI=1S/C5H5.2C2H5.W.2H/c1-2-4-5-3-1;2*1-2;;;/h1-3H,4H2;2*1H2,2H3;;;. The van der Waals surface area contributed by atoms with E-state index in [1.165, 1.54) is 16.0 Å². The first-order chi connectivity index (χ1) is 4.88. The minimum atomic E-state index is -1.13. The molecule has 0 heterocycles. The molecule has 0 nitrogen and oxygen atoms in total. The Bertz CT molecular complexity index is 152. The van der Waals surface area contributed by atoms with Crippen LogP contribution in [0.25, 0.3) is 0 Å². The first-order valence-electron chi connectivity index (χ1n) is 4.09. The van der Waals surface area contributed by atoms with E-state index in [0.29, 0.717) is 0 Å². The molecule has 0 amide bonds. The summed E-state index contributed by atoms with van der Waals surface area (Å²) in [7, 11) is 0. The third kappa shape index (κ3) is 1.82. The zero-order valence-corrected chi connectivity index (χ0v) is 10.4. The molecule has 0 fully saturated rings. The molecule has 59 valence electrons. The topological polar surface area (TPSA) is 0 Å². The van der Waals surface area contributed by atoms with Gasteiger partial charge in [-0.15, -0.1) is 0 Å². The van der Waals surface area contributed by atoms with E-state index in [1.54, 1.807) is 0 Å². The molecule has 0 aromatic heterocycles. The minimum absolute atomic E-state index is 1.13. The molecule has 0 aliphatic heterocycles. The summed E-state index contributed by atoms with van der Waals surface area (Å²) in [5.74, 6) is 0. The molecule has 0 bridgehead atoms. The van der Waals surface area contributed by atoms with Gasteiger partial charge in [-0.1, -0.05) is 0 Å². The fourth-order valence-electron chi connectivity index (χ4n) is 1.41. The van der Waals surface area contributed by atoms with Crippen molar-refractivity contribution in [3.63, 3.8) is 0 Å². The van der Waals surface area contributed by atoms with Gasteiger partial charge in [0.25, 0.3) is 0 Å². The Morgan fingerprint density at radius 2 is 2.10 bits per heavy atom. The molecule has 0 atom stereocenters. The zero-order valence-electron chi connectivity index (χ0n) is 6.85. The predicted molar refractivity (Wildman–Crippen MR) is 45.6 cm³/mol. The number of rotatable bonds is 3. The zero-order chi connectivity index (χ0) is 7.40. The second-order valence-electron chi connectivity index (χ2n) is 2.63. The van der Waals surface area contributed by atoms with Gasteiger partial charge < -0.3 is 0 Å². The van der Waals surface area contributed by atoms with Crippen molar-refractivity contribution in [2.75, 3.05) is 0 Å². The van der Waals surface area contributed by atoms with Crippen LogP contribution in [0.2, 0.25) is 9.62 Å². The first-order valence-corrected chi connectivity index (χ1v) is 11.0. The summed E-state index contributed by atoms with van der Waals surface area (Å²) in [6, 6.07) is 0. The summed E-state index contributed by atoms with van der Waals surface area (Å²) in [6.45, 7) is 4.73. The molecule has 10 heavy (non-hydrogen) atoms. The Balaban J connectivity index is 2.47. The maximum atomic E-state index is 2.37. The Hall–Kier alpha value is 0.168. The summed E-state index contributed by atoms with van der Waals surface area (Å²) in [4.78, 5) is 3.02. The summed E-state index contributed by atoms with van der Waals surface area (Å²) in [5, 5.41) is 0. The molecule has 0 N–H and O–H groups in total. The Morgan fingerprint density at radius 3 is 2.50 bits per heavy atom. The van der Waals surface area contributed by atoms with Gasteiger partial charge >= 0.3 is 69.4 Å². The van der Waals surface area contributed by atoms with Crippen LogP contribution in [0.5, 0.6) is 0 Å². The van der Waals surface area contributed by atoms with Crippen molar-refractivity contribution < 1.29 is 17.3 Å². The van der Waals surface area contributed by atoms with Crippen LogP contribution in [-0.2, 0) is 17.3 Å². The first kappa shape index (κ1) is 8.27. The molecule has 0 aromatic carbocycles. The summed E-state index contributed by atoms with van der Waals surface area (Å²) in [6.07, 6.45) is 8.19. The third-order valence-corrected chi connectivity index (χ3v) is 12.8. The predicted octanol–water partition coefficient (Wildman–Crippen LogP) is 2.79. The average Bonchev–Trinajstić information content (AvgIpc) is 2.43. The van der Waals surface area contributed by atoms with Crippen LogP contribution in [0.3, 0.4) is 0 Å². The van der Waals surface area contributed by atoms with Crippen LogP contribution in [0.1, 0.15) is 20.3 Å². The van der Waals surface area contributed by atoms with E-state index in [1.807, 2.05) is 3.96 Å². The fraction of sp³-hybridized carbons (Fsp3) is 0.556. The Labute approximate surface area is 69.6 Å². The van der Waals surface area contributed by atoms with Crippen molar-refractivity contribution in [2.24, 2.45) is 0 Å². The van der Waals surface area contributed by atoms with Crippen LogP contribution in [0.4, 0.5) is 0 Å². The molecule has 1 heteroatoms. The van der Waals surface area contributed by atoms with Crippen LogP contribution >= 0.6 is 0 Å². The number of hydrogen-bond acceptors (Lipinski definition) is 0. The second kappa shape index (κ2) is 4.13. The van der Waals surface area contributed by atoms with E-state index in [9.17, 15) is 0 Å². The van der Waals surface area contributed by atoms with Crippen LogP contribution in [0.15, 0.2) is 22.2 Å².